The molecule has 0 bridgehead atoms. The van der Waals surface area contributed by atoms with Gasteiger partial charge >= 0.3 is 0 Å². The molecule has 0 atom stereocenters. The first-order chi connectivity index (χ1) is 13.2. The zero-order valence-corrected chi connectivity index (χ0v) is 16.0. The van der Waals surface area contributed by atoms with Gasteiger partial charge in [-0.2, -0.15) is 0 Å². The first-order valence-corrected chi connectivity index (χ1v) is 9.73. The third-order valence-corrected chi connectivity index (χ3v) is 5.71. The average Bonchev–Trinajstić information content (AvgIpc) is 3.17. The van der Waals surface area contributed by atoms with Crippen molar-refractivity contribution in [3.63, 3.8) is 0 Å². The van der Waals surface area contributed by atoms with Crippen LogP contribution in [0.25, 0.3) is 10.9 Å². The first-order valence-electron chi connectivity index (χ1n) is 9.73. The second-order valence-corrected chi connectivity index (χ2v) is 7.15. The number of aromatic nitrogens is 2. The van der Waals surface area contributed by atoms with Crippen molar-refractivity contribution < 1.29 is 4.79 Å². The molecule has 0 saturated carbocycles. The van der Waals surface area contributed by atoms with Gasteiger partial charge in [0.2, 0.25) is 0 Å². The number of aryl methyl sites for hydroxylation is 1. The molecule has 5 nitrogen and oxygen atoms in total. The minimum atomic E-state index is -0.0797. The van der Waals surface area contributed by atoms with Gasteiger partial charge in [0.25, 0.3) is 5.91 Å². The molecule has 0 unspecified atom stereocenters. The van der Waals surface area contributed by atoms with Crippen molar-refractivity contribution in [2.75, 3.05) is 25.0 Å². The van der Waals surface area contributed by atoms with Crippen molar-refractivity contribution in [3.8, 4) is 0 Å². The molecule has 1 fully saturated rings. The van der Waals surface area contributed by atoms with E-state index in [0.717, 1.165) is 38.2 Å². The molecule has 1 aliphatic heterocycles. The van der Waals surface area contributed by atoms with Gasteiger partial charge in [-0.25, -0.2) is 4.98 Å². The first kappa shape index (κ1) is 17.6. The Hall–Kier alpha value is -2.82. The molecule has 2 aromatic heterocycles. The lowest BCUT2D eigenvalue weighted by atomic mass is 9.88. The Labute approximate surface area is 159 Å². The monoisotopic (exact) mass is 362 g/mol. The molecule has 1 amide bonds. The number of hydrogen-bond acceptors (Lipinski definition) is 3. The number of carbonyl (C=O) groups excluding carboxylic acids is 1. The number of amides is 1. The lowest BCUT2D eigenvalue weighted by Gasteiger charge is -2.33. The molecule has 3 aromatic rings. The Morgan fingerprint density at radius 1 is 1.26 bits per heavy atom. The Balaban J connectivity index is 1.55. The van der Waals surface area contributed by atoms with Crippen molar-refractivity contribution >= 4 is 22.6 Å². The molecule has 0 radical (unpaired) electrons. The van der Waals surface area contributed by atoms with Crippen LogP contribution in [0.3, 0.4) is 0 Å². The topological polar surface area (TPSA) is 61.0 Å². The molecule has 140 valence electrons. The quantitative estimate of drug-likeness (QED) is 0.741. The molecule has 1 saturated heterocycles. The van der Waals surface area contributed by atoms with Gasteiger partial charge in [0, 0.05) is 43.4 Å². The number of aromatic amines is 1. The van der Waals surface area contributed by atoms with Crippen LogP contribution >= 0.6 is 0 Å². The zero-order valence-electron chi connectivity index (χ0n) is 16.0. The number of hydrogen-bond donors (Lipinski definition) is 2. The minimum Gasteiger partial charge on any atom is -0.361 e. The highest BCUT2D eigenvalue weighted by molar-refractivity contribution is 5.98. The summed E-state index contributed by atoms with van der Waals surface area (Å²) in [5.74, 6) is 1.25. The van der Waals surface area contributed by atoms with E-state index in [2.05, 4.69) is 51.5 Å². The van der Waals surface area contributed by atoms with Gasteiger partial charge in [-0.1, -0.05) is 25.1 Å². The third kappa shape index (κ3) is 3.18. The van der Waals surface area contributed by atoms with E-state index in [4.69, 9.17) is 0 Å². The number of benzene rings is 1. The number of carbonyl (C=O) groups is 1. The van der Waals surface area contributed by atoms with Gasteiger partial charge < -0.3 is 15.2 Å². The van der Waals surface area contributed by atoms with Crippen LogP contribution in [0, 0.1) is 0 Å². The number of pyridine rings is 1. The van der Waals surface area contributed by atoms with Crippen LogP contribution in [-0.2, 0) is 6.42 Å². The van der Waals surface area contributed by atoms with Crippen LogP contribution in [0.4, 0.5) is 5.82 Å². The van der Waals surface area contributed by atoms with Gasteiger partial charge in [0.1, 0.15) is 5.82 Å². The van der Waals surface area contributed by atoms with E-state index >= 15 is 0 Å². The summed E-state index contributed by atoms with van der Waals surface area (Å²) in [6.07, 6.45) is 7.12. The molecule has 4 rings (SSSR count). The highest BCUT2D eigenvalue weighted by Gasteiger charge is 2.26. The maximum absolute atomic E-state index is 12.2. The standard InChI is InChI=1S/C22H26N4O/c1-3-15-6-4-7-17-19(14-25-20(15)17)16-9-12-26(13-10-16)21-18(22(27)23-2)8-5-11-24-21/h4-8,11,14,16,25H,3,9-10,12-13H2,1-2H3,(H,23,27). The minimum absolute atomic E-state index is 0.0797. The summed E-state index contributed by atoms with van der Waals surface area (Å²) in [5, 5.41) is 4.07. The van der Waals surface area contributed by atoms with Crippen LogP contribution in [0.1, 0.15) is 47.2 Å². The van der Waals surface area contributed by atoms with E-state index in [-0.39, 0.29) is 5.91 Å². The normalized spacial score (nSPS) is 15.3. The van der Waals surface area contributed by atoms with E-state index in [9.17, 15) is 4.79 Å². The van der Waals surface area contributed by atoms with Crippen LogP contribution in [0.2, 0.25) is 0 Å². The smallest absolute Gasteiger partial charge is 0.254 e. The fraction of sp³-hybridized carbons (Fsp3) is 0.364. The number of H-pyrrole nitrogens is 1. The SMILES string of the molecule is CCc1cccc2c(C3CCN(c4ncccc4C(=O)NC)CC3)c[nH]c12. The molecule has 1 aliphatic rings. The van der Waals surface area contributed by atoms with Gasteiger partial charge in [-0.15, -0.1) is 0 Å². The molecule has 0 aliphatic carbocycles. The van der Waals surface area contributed by atoms with Crippen molar-refractivity contribution in [1.82, 2.24) is 15.3 Å². The van der Waals surface area contributed by atoms with Crippen molar-refractivity contribution in [2.45, 2.75) is 32.1 Å². The van der Waals surface area contributed by atoms with Crippen molar-refractivity contribution in [1.29, 1.82) is 0 Å². The van der Waals surface area contributed by atoms with E-state index < -0.39 is 0 Å². The molecule has 1 aromatic carbocycles. The lowest BCUT2D eigenvalue weighted by Crippen LogP contribution is -2.35. The number of para-hydroxylation sites is 1. The van der Waals surface area contributed by atoms with E-state index in [1.165, 1.54) is 22.0 Å². The summed E-state index contributed by atoms with van der Waals surface area (Å²) in [7, 11) is 1.66. The largest absolute Gasteiger partial charge is 0.361 e. The number of rotatable bonds is 4. The predicted molar refractivity (Wildman–Crippen MR) is 109 cm³/mol. The van der Waals surface area contributed by atoms with Crippen molar-refractivity contribution in [3.05, 3.63) is 59.4 Å². The highest BCUT2D eigenvalue weighted by Crippen LogP contribution is 2.35. The van der Waals surface area contributed by atoms with Gasteiger partial charge in [0.15, 0.2) is 0 Å². The fourth-order valence-corrected chi connectivity index (χ4v) is 4.23. The van der Waals surface area contributed by atoms with Gasteiger partial charge in [-0.05, 0) is 48.4 Å². The van der Waals surface area contributed by atoms with Crippen LogP contribution in [0.5, 0.6) is 0 Å². The summed E-state index contributed by atoms with van der Waals surface area (Å²) in [4.78, 5) is 22.4. The van der Waals surface area contributed by atoms with E-state index in [0.29, 0.717) is 11.5 Å². The zero-order chi connectivity index (χ0) is 18.8. The second kappa shape index (κ2) is 7.43. The Kier molecular flexibility index (Phi) is 4.84. The molecular weight excluding hydrogens is 336 g/mol. The van der Waals surface area contributed by atoms with Crippen molar-refractivity contribution in [2.24, 2.45) is 0 Å². The Morgan fingerprint density at radius 3 is 2.81 bits per heavy atom. The number of fused-ring (bicyclic) bond motifs is 1. The summed E-state index contributed by atoms with van der Waals surface area (Å²) >= 11 is 0. The van der Waals surface area contributed by atoms with Crippen LogP contribution in [-0.4, -0.2) is 36.0 Å². The molecule has 0 spiro atoms. The summed E-state index contributed by atoms with van der Waals surface area (Å²) in [5.41, 5.74) is 4.73. The van der Waals surface area contributed by atoms with Crippen LogP contribution in [0.15, 0.2) is 42.7 Å². The molecule has 27 heavy (non-hydrogen) atoms. The average molecular weight is 362 g/mol. The van der Waals surface area contributed by atoms with E-state index in [1.54, 1.807) is 13.2 Å². The van der Waals surface area contributed by atoms with Gasteiger partial charge in [0.05, 0.1) is 5.56 Å². The number of nitrogens with zero attached hydrogens (tertiary/aromatic N) is 2. The number of nitrogens with one attached hydrogen (secondary N) is 2. The second-order valence-electron chi connectivity index (χ2n) is 7.15. The molecular formula is C22H26N4O. The van der Waals surface area contributed by atoms with Gasteiger partial charge in [-0.3, -0.25) is 4.79 Å². The Morgan fingerprint density at radius 2 is 2.07 bits per heavy atom. The fourth-order valence-electron chi connectivity index (χ4n) is 4.23. The summed E-state index contributed by atoms with van der Waals surface area (Å²) in [6, 6.07) is 10.3. The number of piperidine rings is 1. The summed E-state index contributed by atoms with van der Waals surface area (Å²) < 4.78 is 0. The highest BCUT2D eigenvalue weighted by atomic mass is 16.1. The summed E-state index contributed by atoms with van der Waals surface area (Å²) in [6.45, 7) is 4.02. The predicted octanol–water partition coefficient (Wildman–Crippen LogP) is 3.87. The lowest BCUT2D eigenvalue weighted by molar-refractivity contribution is 0.0963. The maximum atomic E-state index is 12.2. The molecule has 3 heterocycles. The molecule has 2 N–H and O–H groups in total. The van der Waals surface area contributed by atoms with Crippen LogP contribution < -0.4 is 10.2 Å². The third-order valence-electron chi connectivity index (χ3n) is 5.71. The van der Waals surface area contributed by atoms with E-state index in [1.807, 2.05) is 12.1 Å². The number of anilines is 1. The molecule has 5 heteroatoms. The maximum Gasteiger partial charge on any atom is 0.254 e. The Bertz CT molecular complexity index is 954.